The van der Waals surface area contributed by atoms with Gasteiger partial charge in [0.25, 0.3) is 0 Å². The normalized spacial score (nSPS) is 13.6. The summed E-state index contributed by atoms with van der Waals surface area (Å²) in [6, 6.07) is 18.4. The molecule has 165 valence electrons. The van der Waals surface area contributed by atoms with Crippen LogP contribution in [0.1, 0.15) is 44.4 Å². The second kappa shape index (κ2) is 8.93. The minimum atomic E-state index is -0.125. The minimum Gasteiger partial charge on any atom is -0.512 e. The van der Waals surface area contributed by atoms with Gasteiger partial charge in [-0.2, -0.15) is 11.6 Å². The average Bonchev–Trinajstić information content (AvgIpc) is 2.71. The van der Waals surface area contributed by atoms with Crippen LogP contribution in [0.4, 0.5) is 0 Å². The van der Waals surface area contributed by atoms with Crippen molar-refractivity contribution in [3.05, 3.63) is 83.3 Å². The van der Waals surface area contributed by atoms with Crippen LogP contribution in [0, 0.1) is 13.0 Å². The molecule has 0 saturated heterocycles. The van der Waals surface area contributed by atoms with Gasteiger partial charge < -0.3 is 10.1 Å². The van der Waals surface area contributed by atoms with Gasteiger partial charge in [0.1, 0.15) is 0 Å². The number of carbonyl (C=O) groups excluding carboxylic acids is 1. The van der Waals surface area contributed by atoms with E-state index < -0.39 is 0 Å². The van der Waals surface area contributed by atoms with Crippen LogP contribution in [0.25, 0.3) is 33.1 Å². The molecule has 0 spiro atoms. The number of nitrogens with zero attached hydrogens (tertiary/aromatic N) is 2. The van der Waals surface area contributed by atoms with Gasteiger partial charge in [-0.25, -0.2) is 0 Å². The molecule has 2 aromatic heterocycles. The summed E-state index contributed by atoms with van der Waals surface area (Å²) >= 11 is 0. The Bertz CT molecular complexity index is 1360. The molecule has 5 heteroatoms. The molecule has 2 heterocycles. The fraction of sp³-hybridized carbons (Fsp3) is 0.222. The summed E-state index contributed by atoms with van der Waals surface area (Å²) < 4.78 is 0. The van der Waals surface area contributed by atoms with Crippen molar-refractivity contribution < 1.29 is 30.0 Å². The third-order valence-corrected chi connectivity index (χ3v) is 5.78. The summed E-state index contributed by atoms with van der Waals surface area (Å²) in [5.41, 5.74) is 7.92. The molecule has 0 atom stereocenters. The van der Waals surface area contributed by atoms with Crippen molar-refractivity contribution in [3.63, 3.8) is 0 Å². The third-order valence-electron chi connectivity index (χ3n) is 5.78. The van der Waals surface area contributed by atoms with Crippen molar-refractivity contribution in [2.45, 2.75) is 40.0 Å². The first-order valence-corrected chi connectivity index (χ1v) is 10.3. The van der Waals surface area contributed by atoms with Crippen molar-refractivity contribution in [1.29, 1.82) is 0 Å². The molecule has 0 bridgehead atoms. The summed E-state index contributed by atoms with van der Waals surface area (Å²) in [7, 11) is 0. The Morgan fingerprint density at radius 3 is 2.41 bits per heavy atom. The Hall–Kier alpha value is -2.88. The van der Waals surface area contributed by atoms with Crippen molar-refractivity contribution in [2.24, 2.45) is 0 Å². The van der Waals surface area contributed by atoms with Crippen LogP contribution >= 0.6 is 0 Å². The number of ketones is 1. The molecular formula is C27H25IrN2O2-. The minimum absolute atomic E-state index is 0. The Morgan fingerprint density at radius 1 is 1.06 bits per heavy atom. The topological polar surface area (TPSA) is 63.1 Å². The van der Waals surface area contributed by atoms with Gasteiger partial charge in [-0.05, 0) is 55.8 Å². The summed E-state index contributed by atoms with van der Waals surface area (Å²) in [5, 5.41) is 10.8. The Kier molecular flexibility index (Phi) is 6.64. The van der Waals surface area contributed by atoms with Crippen LogP contribution in [-0.2, 0) is 30.3 Å². The maximum Gasteiger partial charge on any atom is 0.155 e. The van der Waals surface area contributed by atoms with Crippen molar-refractivity contribution in [3.8, 4) is 11.3 Å². The molecule has 1 aliphatic carbocycles. The van der Waals surface area contributed by atoms with E-state index in [-0.39, 0.29) is 37.1 Å². The molecular weight excluding hydrogens is 577 g/mol. The zero-order valence-corrected chi connectivity index (χ0v) is 21.2. The molecule has 5 rings (SSSR count). The number of aliphatic hydroxyl groups excluding tert-OH is 1. The number of aromatic nitrogens is 2. The standard InChI is InChI=1S/C22H17N2.C5H8O2.Ir/c1-13-6-4-8-18-15(13)12-17-21(24-18)14-10-11-23-19-9-5-7-16(20(14)19)22(17,2)3;1-4(6)3-5(2)7;/h4-9,11-12H,1-3H3;3,6H,1-2H3;/q-1;;/b;4-3-;. The first-order valence-electron chi connectivity index (χ1n) is 10.3. The zero-order chi connectivity index (χ0) is 22.3. The quantitative estimate of drug-likeness (QED) is 0.160. The average molecular weight is 602 g/mol. The molecule has 1 N–H and O–H groups in total. The molecule has 2 aromatic carbocycles. The van der Waals surface area contributed by atoms with E-state index in [2.05, 4.69) is 74.3 Å². The van der Waals surface area contributed by atoms with Gasteiger partial charge in [-0.3, -0.25) is 9.78 Å². The van der Waals surface area contributed by atoms with Gasteiger partial charge in [0.2, 0.25) is 0 Å². The van der Waals surface area contributed by atoms with Crippen molar-refractivity contribution in [2.75, 3.05) is 0 Å². The smallest absolute Gasteiger partial charge is 0.155 e. The predicted molar refractivity (Wildman–Crippen MR) is 125 cm³/mol. The number of hydrogen-bond donors (Lipinski definition) is 1. The maximum atomic E-state index is 10.0. The van der Waals surface area contributed by atoms with E-state index in [0.29, 0.717) is 0 Å². The monoisotopic (exact) mass is 602 g/mol. The Labute approximate surface area is 201 Å². The SMILES string of the molecule is CC(=O)/C=C(/C)O.Cc1cccc2nc3c(cc12)C(C)(C)c1cccc2nc[c-]c-3c12.[Ir]. The van der Waals surface area contributed by atoms with E-state index in [1.165, 1.54) is 47.4 Å². The first-order chi connectivity index (χ1) is 14.7. The van der Waals surface area contributed by atoms with Crippen LogP contribution in [0.5, 0.6) is 0 Å². The summed E-state index contributed by atoms with van der Waals surface area (Å²) in [4.78, 5) is 19.6. The van der Waals surface area contributed by atoms with Crippen molar-refractivity contribution >= 4 is 27.6 Å². The van der Waals surface area contributed by atoms with Crippen LogP contribution in [0.3, 0.4) is 0 Å². The van der Waals surface area contributed by atoms with Gasteiger partial charge in [0.05, 0.1) is 11.3 Å². The number of allylic oxidation sites excluding steroid dienone is 2. The molecule has 1 aliphatic rings. The summed E-state index contributed by atoms with van der Waals surface area (Å²) in [5.74, 6) is -0.0625. The number of pyridine rings is 2. The van der Waals surface area contributed by atoms with Gasteiger partial charge in [-0.15, -0.1) is 0 Å². The Balaban J connectivity index is 0.000000318. The number of aliphatic hydroxyl groups is 1. The van der Waals surface area contributed by atoms with E-state index in [0.717, 1.165) is 22.3 Å². The van der Waals surface area contributed by atoms with E-state index in [9.17, 15) is 4.79 Å². The van der Waals surface area contributed by atoms with E-state index in [1.54, 1.807) is 6.20 Å². The number of rotatable bonds is 1. The number of hydrogen-bond acceptors (Lipinski definition) is 4. The predicted octanol–water partition coefficient (Wildman–Crippen LogP) is 6.23. The second-order valence-electron chi connectivity index (χ2n) is 8.52. The zero-order valence-electron chi connectivity index (χ0n) is 18.8. The third kappa shape index (κ3) is 4.11. The second-order valence-corrected chi connectivity index (χ2v) is 8.52. The van der Waals surface area contributed by atoms with Crippen LogP contribution < -0.4 is 0 Å². The van der Waals surface area contributed by atoms with E-state index in [4.69, 9.17) is 10.1 Å². The van der Waals surface area contributed by atoms with Gasteiger partial charge in [0.15, 0.2) is 5.78 Å². The fourth-order valence-electron chi connectivity index (χ4n) is 4.31. The molecule has 32 heavy (non-hydrogen) atoms. The molecule has 0 amide bonds. The molecule has 4 aromatic rings. The molecule has 0 unspecified atom stereocenters. The maximum absolute atomic E-state index is 10.0. The largest absolute Gasteiger partial charge is 0.512 e. The molecule has 0 fully saturated rings. The van der Waals surface area contributed by atoms with Crippen molar-refractivity contribution in [1.82, 2.24) is 9.97 Å². The molecule has 1 radical (unpaired) electrons. The molecule has 0 saturated carbocycles. The molecule has 4 nitrogen and oxygen atoms in total. The Morgan fingerprint density at radius 2 is 1.75 bits per heavy atom. The number of benzene rings is 2. The summed E-state index contributed by atoms with van der Waals surface area (Å²) in [6.45, 7) is 9.56. The van der Waals surface area contributed by atoms with Gasteiger partial charge >= 0.3 is 0 Å². The molecule has 0 aliphatic heterocycles. The van der Waals surface area contributed by atoms with Crippen LogP contribution in [0.2, 0.25) is 0 Å². The number of aryl methyl sites for hydroxylation is 1. The van der Waals surface area contributed by atoms with Gasteiger partial charge in [0, 0.05) is 37.1 Å². The van der Waals surface area contributed by atoms with E-state index in [1.807, 2.05) is 0 Å². The van der Waals surface area contributed by atoms with Gasteiger partial charge in [-0.1, -0.05) is 60.7 Å². The van der Waals surface area contributed by atoms with Crippen LogP contribution in [-0.4, -0.2) is 20.9 Å². The van der Waals surface area contributed by atoms with Crippen LogP contribution in [0.15, 0.2) is 60.5 Å². The first kappa shape index (κ1) is 23.8. The summed E-state index contributed by atoms with van der Waals surface area (Å²) in [6.07, 6.45) is 2.94. The number of fused-ring (bicyclic) bond motifs is 3. The number of carbonyl (C=O) groups is 1. The fourth-order valence-corrected chi connectivity index (χ4v) is 4.31. The van der Waals surface area contributed by atoms with E-state index >= 15 is 0 Å².